The van der Waals surface area contributed by atoms with Gasteiger partial charge in [0.2, 0.25) is 0 Å². The molecule has 0 aliphatic heterocycles. The van der Waals surface area contributed by atoms with Gasteiger partial charge in [0.15, 0.2) is 0 Å². The van der Waals surface area contributed by atoms with E-state index in [1.54, 1.807) is 18.2 Å². The Balaban J connectivity index is 1.53. The molecule has 10 heteroatoms. The summed E-state index contributed by atoms with van der Waals surface area (Å²) in [7, 11) is 0. The molecule has 0 saturated heterocycles. The number of benzene rings is 2. The Labute approximate surface area is 182 Å². The number of rotatable bonds is 6. The maximum Gasteiger partial charge on any atom is 0.416 e. The van der Waals surface area contributed by atoms with Crippen molar-refractivity contribution >= 4 is 38.9 Å². The van der Waals surface area contributed by atoms with Crippen LogP contribution in [0.2, 0.25) is 0 Å². The van der Waals surface area contributed by atoms with Gasteiger partial charge in [-0.2, -0.15) is 13.2 Å². The van der Waals surface area contributed by atoms with Gasteiger partial charge in [-0.3, -0.25) is 4.79 Å². The molecule has 0 unspecified atom stereocenters. The fourth-order valence-corrected chi connectivity index (χ4v) is 4.92. The summed E-state index contributed by atoms with van der Waals surface area (Å²) in [4.78, 5) is 20.6. The molecule has 2 aromatic heterocycles. The van der Waals surface area contributed by atoms with E-state index in [0.29, 0.717) is 26.8 Å². The first-order chi connectivity index (χ1) is 14.7. The lowest BCUT2D eigenvalue weighted by Crippen LogP contribution is -2.03. The number of fused-ring (bicyclic) bond motifs is 1. The number of aryl methyl sites for hydroxylation is 1. The molecule has 4 rings (SSSR count). The molecule has 31 heavy (non-hydrogen) atoms. The molecule has 5 nitrogen and oxygen atoms in total. The lowest BCUT2D eigenvalue weighted by atomic mass is 10.1. The minimum Gasteiger partial charge on any atom is -0.486 e. The van der Waals surface area contributed by atoms with Gasteiger partial charge >= 0.3 is 12.1 Å². The van der Waals surface area contributed by atoms with E-state index in [4.69, 9.17) is 9.84 Å². The van der Waals surface area contributed by atoms with Crippen LogP contribution in [0.15, 0.2) is 42.5 Å². The first-order valence-electron chi connectivity index (χ1n) is 9.07. The monoisotopic (exact) mass is 464 g/mol. The van der Waals surface area contributed by atoms with Crippen LogP contribution in [0.1, 0.15) is 21.1 Å². The average molecular weight is 464 g/mol. The minimum absolute atomic E-state index is 0.150. The van der Waals surface area contributed by atoms with E-state index in [-0.39, 0.29) is 13.0 Å². The normalized spacial score (nSPS) is 11.7. The highest BCUT2D eigenvalue weighted by molar-refractivity contribution is 7.19. The van der Waals surface area contributed by atoms with Crippen LogP contribution in [-0.2, 0) is 24.0 Å². The summed E-state index contributed by atoms with van der Waals surface area (Å²) in [5, 5.41) is 10.1. The predicted molar refractivity (Wildman–Crippen MR) is 113 cm³/mol. The van der Waals surface area contributed by atoms with Crippen LogP contribution in [0, 0.1) is 6.92 Å². The molecule has 0 spiro atoms. The van der Waals surface area contributed by atoms with E-state index in [9.17, 15) is 18.0 Å². The van der Waals surface area contributed by atoms with Gasteiger partial charge in [-0.05, 0) is 31.2 Å². The van der Waals surface area contributed by atoms with Gasteiger partial charge in [0.25, 0.3) is 0 Å². The predicted octanol–water partition coefficient (Wildman–Crippen LogP) is 5.95. The van der Waals surface area contributed by atoms with Crippen LogP contribution < -0.4 is 4.74 Å². The molecule has 1 N–H and O–H groups in total. The number of ether oxygens (including phenoxy) is 1. The van der Waals surface area contributed by atoms with Crippen molar-refractivity contribution in [3.05, 3.63) is 63.6 Å². The number of carbonyl (C=O) groups is 1. The molecule has 4 aromatic rings. The first-order valence-corrected chi connectivity index (χ1v) is 10.7. The highest BCUT2D eigenvalue weighted by Crippen LogP contribution is 2.35. The second-order valence-electron chi connectivity index (χ2n) is 6.67. The zero-order chi connectivity index (χ0) is 22.2. The van der Waals surface area contributed by atoms with E-state index >= 15 is 0 Å². The van der Waals surface area contributed by atoms with Crippen LogP contribution in [0.4, 0.5) is 13.2 Å². The fraction of sp³-hybridized carbons (Fsp3) is 0.190. The third-order valence-corrected chi connectivity index (χ3v) is 6.70. The summed E-state index contributed by atoms with van der Waals surface area (Å²) in [6.45, 7) is 2.05. The van der Waals surface area contributed by atoms with Gasteiger partial charge < -0.3 is 9.84 Å². The standard InChI is InChI=1S/C21H15F3N2O3S2/c1-11-16(30-20(25-11)12-5-7-13(8-6-12)21(22,23)24)10-29-15-4-2-3-14-19(15)31-17(26-14)9-18(27)28/h2-8H,9-10H2,1H3,(H,27,28). The van der Waals surface area contributed by atoms with Gasteiger partial charge in [0.05, 0.1) is 32.8 Å². The lowest BCUT2D eigenvalue weighted by molar-refractivity contribution is -0.138. The topological polar surface area (TPSA) is 72.3 Å². The van der Waals surface area contributed by atoms with E-state index in [0.717, 1.165) is 27.4 Å². The minimum atomic E-state index is -4.38. The molecule has 0 bridgehead atoms. The van der Waals surface area contributed by atoms with Gasteiger partial charge in [-0.1, -0.05) is 18.2 Å². The maximum absolute atomic E-state index is 12.8. The number of carboxylic acids is 1. The third-order valence-electron chi connectivity index (χ3n) is 4.44. The van der Waals surface area contributed by atoms with Crippen molar-refractivity contribution in [2.75, 3.05) is 0 Å². The van der Waals surface area contributed by atoms with Gasteiger partial charge in [-0.25, -0.2) is 9.97 Å². The Morgan fingerprint density at radius 3 is 2.52 bits per heavy atom. The van der Waals surface area contributed by atoms with Crippen LogP contribution in [-0.4, -0.2) is 21.0 Å². The fourth-order valence-electron chi connectivity index (χ4n) is 2.92. The largest absolute Gasteiger partial charge is 0.486 e. The quantitative estimate of drug-likeness (QED) is 0.382. The Kier molecular flexibility index (Phi) is 5.67. The number of hydrogen-bond donors (Lipinski definition) is 1. The molecule has 0 amide bonds. The highest BCUT2D eigenvalue weighted by atomic mass is 32.1. The third kappa shape index (κ3) is 4.70. The first kappa shape index (κ1) is 21.3. The maximum atomic E-state index is 12.8. The summed E-state index contributed by atoms with van der Waals surface area (Å²) in [6.07, 6.45) is -4.53. The van der Waals surface area contributed by atoms with E-state index in [1.165, 1.54) is 34.8 Å². The smallest absolute Gasteiger partial charge is 0.416 e. The molecular weight excluding hydrogens is 449 g/mol. The van der Waals surface area contributed by atoms with Crippen LogP contribution in [0.5, 0.6) is 5.75 Å². The van der Waals surface area contributed by atoms with Crippen LogP contribution >= 0.6 is 22.7 Å². The van der Waals surface area contributed by atoms with Crippen molar-refractivity contribution in [3.63, 3.8) is 0 Å². The molecule has 0 saturated carbocycles. The number of halogens is 3. The van der Waals surface area contributed by atoms with Crippen molar-refractivity contribution < 1.29 is 27.8 Å². The van der Waals surface area contributed by atoms with E-state index in [2.05, 4.69) is 9.97 Å². The van der Waals surface area contributed by atoms with Crippen molar-refractivity contribution in [2.45, 2.75) is 26.1 Å². The second kappa shape index (κ2) is 8.27. The number of carboxylic acid groups (broad SMARTS) is 1. The molecule has 0 radical (unpaired) electrons. The molecule has 0 aliphatic rings. The van der Waals surface area contributed by atoms with Gasteiger partial charge in [0.1, 0.15) is 22.4 Å². The number of alkyl halides is 3. The Hall–Kier alpha value is -2.98. The van der Waals surface area contributed by atoms with Crippen molar-refractivity contribution in [2.24, 2.45) is 0 Å². The van der Waals surface area contributed by atoms with E-state index in [1.807, 2.05) is 6.92 Å². The molecule has 2 aromatic carbocycles. The molecule has 0 fully saturated rings. The van der Waals surface area contributed by atoms with Crippen molar-refractivity contribution in [1.29, 1.82) is 0 Å². The number of thiazole rings is 2. The Morgan fingerprint density at radius 2 is 1.84 bits per heavy atom. The van der Waals surface area contributed by atoms with E-state index < -0.39 is 17.7 Å². The Bertz CT molecular complexity index is 1250. The number of aromatic nitrogens is 2. The lowest BCUT2D eigenvalue weighted by Gasteiger charge is -2.06. The summed E-state index contributed by atoms with van der Waals surface area (Å²) >= 11 is 2.63. The summed E-state index contributed by atoms with van der Waals surface area (Å²) in [5.74, 6) is -0.354. The molecule has 160 valence electrons. The number of hydrogen-bond acceptors (Lipinski definition) is 6. The van der Waals surface area contributed by atoms with Crippen molar-refractivity contribution in [1.82, 2.24) is 9.97 Å². The molecule has 0 atom stereocenters. The summed E-state index contributed by atoms with van der Waals surface area (Å²) < 4.78 is 45.0. The summed E-state index contributed by atoms with van der Waals surface area (Å²) in [6, 6.07) is 10.3. The summed E-state index contributed by atoms with van der Waals surface area (Å²) in [5.41, 5.74) is 1.32. The number of aliphatic carboxylic acids is 1. The van der Waals surface area contributed by atoms with Gasteiger partial charge in [0, 0.05) is 5.56 Å². The van der Waals surface area contributed by atoms with Gasteiger partial charge in [-0.15, -0.1) is 22.7 Å². The zero-order valence-electron chi connectivity index (χ0n) is 16.1. The number of nitrogens with zero attached hydrogens (tertiary/aromatic N) is 2. The molecule has 0 aliphatic carbocycles. The Morgan fingerprint density at radius 1 is 1.10 bits per heavy atom. The zero-order valence-corrected chi connectivity index (χ0v) is 17.7. The van der Waals surface area contributed by atoms with Crippen molar-refractivity contribution in [3.8, 4) is 16.3 Å². The highest BCUT2D eigenvalue weighted by Gasteiger charge is 2.30. The van der Waals surface area contributed by atoms with Crippen LogP contribution in [0.25, 0.3) is 20.8 Å². The molecular formula is C21H15F3N2O3S2. The van der Waals surface area contributed by atoms with Crippen LogP contribution in [0.3, 0.4) is 0 Å². The second-order valence-corrected chi connectivity index (χ2v) is 8.84. The SMILES string of the molecule is Cc1nc(-c2ccc(C(F)(F)F)cc2)sc1COc1cccc2nc(CC(=O)O)sc12. The molecule has 2 heterocycles. The average Bonchev–Trinajstić information content (AvgIpc) is 3.28.